The van der Waals surface area contributed by atoms with Crippen molar-refractivity contribution in [2.24, 2.45) is 0 Å². The predicted octanol–water partition coefficient (Wildman–Crippen LogP) is 5.25. The molecule has 2 heteroatoms. The number of benzene rings is 1. The SMILES string of the molecule is CCCCC#CC1=CCCC[C@@H]1c1ccc(C(=O)OCC)cc1. The van der Waals surface area contributed by atoms with E-state index in [1.165, 1.54) is 30.4 Å². The molecule has 1 atom stereocenters. The molecule has 0 spiro atoms. The number of ether oxygens (including phenoxy) is 1. The van der Waals surface area contributed by atoms with Crippen molar-refractivity contribution in [1.29, 1.82) is 0 Å². The van der Waals surface area contributed by atoms with Gasteiger partial charge in [-0.2, -0.15) is 0 Å². The minimum atomic E-state index is -0.252. The third-order valence-electron chi connectivity index (χ3n) is 4.15. The second-order valence-electron chi connectivity index (χ2n) is 5.89. The van der Waals surface area contributed by atoms with Crippen LogP contribution in [0.25, 0.3) is 0 Å². The number of allylic oxidation sites excluding steroid dienone is 2. The molecule has 0 unspecified atom stereocenters. The Hall–Kier alpha value is -2.01. The van der Waals surface area contributed by atoms with E-state index in [4.69, 9.17) is 4.74 Å². The summed E-state index contributed by atoms with van der Waals surface area (Å²) in [5.74, 6) is 6.81. The lowest BCUT2D eigenvalue weighted by atomic mass is 9.82. The second kappa shape index (κ2) is 9.20. The van der Waals surface area contributed by atoms with Crippen molar-refractivity contribution in [2.75, 3.05) is 6.61 Å². The maximum atomic E-state index is 11.7. The Morgan fingerprint density at radius 1 is 1.26 bits per heavy atom. The molecule has 1 aliphatic rings. The van der Waals surface area contributed by atoms with Gasteiger partial charge < -0.3 is 4.74 Å². The summed E-state index contributed by atoms with van der Waals surface area (Å²) in [7, 11) is 0. The maximum Gasteiger partial charge on any atom is 0.338 e. The molecule has 122 valence electrons. The number of hydrogen-bond donors (Lipinski definition) is 0. The van der Waals surface area contributed by atoms with Crippen LogP contribution >= 0.6 is 0 Å². The molecular formula is C21H26O2. The first-order valence-electron chi connectivity index (χ1n) is 8.72. The van der Waals surface area contributed by atoms with Crippen LogP contribution in [0, 0.1) is 11.8 Å². The summed E-state index contributed by atoms with van der Waals surface area (Å²) in [6.45, 7) is 4.42. The Balaban J connectivity index is 2.11. The molecule has 0 aliphatic heterocycles. The fraction of sp³-hybridized carbons (Fsp3) is 0.476. The topological polar surface area (TPSA) is 26.3 Å². The molecule has 0 radical (unpaired) electrons. The summed E-state index contributed by atoms with van der Waals surface area (Å²) < 4.78 is 5.04. The molecular weight excluding hydrogens is 284 g/mol. The van der Waals surface area contributed by atoms with E-state index in [2.05, 4.69) is 24.8 Å². The molecule has 1 aromatic carbocycles. The fourth-order valence-electron chi connectivity index (χ4n) is 2.86. The van der Waals surface area contributed by atoms with Gasteiger partial charge >= 0.3 is 5.97 Å². The van der Waals surface area contributed by atoms with Gasteiger partial charge in [0.25, 0.3) is 0 Å². The molecule has 0 saturated carbocycles. The van der Waals surface area contributed by atoms with Crippen LogP contribution in [0.4, 0.5) is 0 Å². The zero-order chi connectivity index (χ0) is 16.5. The Kier molecular flexibility index (Phi) is 6.94. The Morgan fingerprint density at radius 2 is 2.04 bits per heavy atom. The molecule has 2 nitrogen and oxygen atoms in total. The van der Waals surface area contributed by atoms with Gasteiger partial charge in [-0.3, -0.25) is 0 Å². The fourth-order valence-corrected chi connectivity index (χ4v) is 2.86. The lowest BCUT2D eigenvalue weighted by Crippen LogP contribution is -2.08. The predicted molar refractivity (Wildman–Crippen MR) is 94.4 cm³/mol. The van der Waals surface area contributed by atoms with Crippen LogP contribution in [-0.4, -0.2) is 12.6 Å². The van der Waals surface area contributed by atoms with E-state index in [0.717, 1.165) is 19.3 Å². The van der Waals surface area contributed by atoms with Crippen molar-refractivity contribution >= 4 is 5.97 Å². The quantitative estimate of drug-likeness (QED) is 0.422. The lowest BCUT2D eigenvalue weighted by molar-refractivity contribution is 0.0526. The van der Waals surface area contributed by atoms with E-state index >= 15 is 0 Å². The van der Waals surface area contributed by atoms with E-state index in [-0.39, 0.29) is 5.97 Å². The zero-order valence-electron chi connectivity index (χ0n) is 14.2. The third-order valence-corrected chi connectivity index (χ3v) is 4.15. The van der Waals surface area contributed by atoms with Crippen LogP contribution in [0.15, 0.2) is 35.9 Å². The number of carbonyl (C=O) groups is 1. The maximum absolute atomic E-state index is 11.7. The van der Waals surface area contributed by atoms with E-state index in [0.29, 0.717) is 18.1 Å². The molecule has 23 heavy (non-hydrogen) atoms. The van der Waals surface area contributed by atoms with Gasteiger partial charge in [-0.15, -0.1) is 0 Å². The third kappa shape index (κ3) is 4.99. The normalized spacial score (nSPS) is 17.0. The Morgan fingerprint density at radius 3 is 2.74 bits per heavy atom. The number of carbonyl (C=O) groups excluding carboxylic acids is 1. The van der Waals surface area contributed by atoms with Gasteiger partial charge in [-0.1, -0.05) is 43.4 Å². The number of rotatable bonds is 5. The lowest BCUT2D eigenvalue weighted by Gasteiger charge is -2.21. The van der Waals surface area contributed by atoms with Gasteiger partial charge in [0.15, 0.2) is 0 Å². The molecule has 0 heterocycles. The summed E-state index contributed by atoms with van der Waals surface area (Å²) in [5.41, 5.74) is 3.11. The summed E-state index contributed by atoms with van der Waals surface area (Å²) >= 11 is 0. The van der Waals surface area contributed by atoms with Gasteiger partial charge in [0.2, 0.25) is 0 Å². The van der Waals surface area contributed by atoms with Crippen molar-refractivity contribution in [2.45, 2.75) is 58.3 Å². The monoisotopic (exact) mass is 310 g/mol. The molecule has 0 saturated heterocycles. The number of esters is 1. The van der Waals surface area contributed by atoms with E-state index in [1.54, 1.807) is 0 Å². The van der Waals surface area contributed by atoms with Gasteiger partial charge in [-0.25, -0.2) is 4.79 Å². The first-order chi connectivity index (χ1) is 11.3. The first-order valence-corrected chi connectivity index (χ1v) is 8.72. The van der Waals surface area contributed by atoms with Gasteiger partial charge in [-0.05, 0) is 50.3 Å². The Bertz CT molecular complexity index is 599. The van der Waals surface area contributed by atoms with E-state index in [1.807, 2.05) is 31.2 Å². The van der Waals surface area contributed by atoms with Crippen LogP contribution in [0.3, 0.4) is 0 Å². The summed E-state index contributed by atoms with van der Waals surface area (Å²) in [6.07, 6.45) is 9.06. The van der Waals surface area contributed by atoms with E-state index in [9.17, 15) is 4.79 Å². The summed E-state index contributed by atoms with van der Waals surface area (Å²) in [4.78, 5) is 11.7. The minimum absolute atomic E-state index is 0.252. The minimum Gasteiger partial charge on any atom is -0.462 e. The van der Waals surface area contributed by atoms with Crippen molar-refractivity contribution in [3.63, 3.8) is 0 Å². The van der Waals surface area contributed by atoms with Crippen molar-refractivity contribution in [3.05, 3.63) is 47.0 Å². The molecule has 1 aliphatic carbocycles. The van der Waals surface area contributed by atoms with E-state index < -0.39 is 0 Å². The van der Waals surface area contributed by atoms with Crippen LogP contribution in [0.5, 0.6) is 0 Å². The van der Waals surface area contributed by atoms with Crippen LogP contribution in [0.2, 0.25) is 0 Å². The van der Waals surface area contributed by atoms with Gasteiger partial charge in [0.05, 0.1) is 12.2 Å². The molecule has 1 aromatic rings. The average Bonchev–Trinajstić information content (AvgIpc) is 2.59. The summed E-state index contributed by atoms with van der Waals surface area (Å²) in [5, 5.41) is 0. The highest BCUT2D eigenvalue weighted by Gasteiger charge is 2.19. The van der Waals surface area contributed by atoms with Crippen LogP contribution in [-0.2, 0) is 4.74 Å². The number of unbranched alkanes of at least 4 members (excludes halogenated alkanes) is 2. The van der Waals surface area contributed by atoms with Crippen molar-refractivity contribution in [3.8, 4) is 11.8 Å². The molecule has 0 aromatic heterocycles. The van der Waals surface area contributed by atoms with Gasteiger partial charge in [0, 0.05) is 17.9 Å². The highest BCUT2D eigenvalue weighted by atomic mass is 16.5. The molecule has 0 N–H and O–H groups in total. The zero-order valence-corrected chi connectivity index (χ0v) is 14.2. The number of hydrogen-bond acceptors (Lipinski definition) is 2. The highest BCUT2D eigenvalue weighted by Crippen LogP contribution is 2.33. The Labute approximate surface area is 139 Å². The second-order valence-corrected chi connectivity index (χ2v) is 5.89. The van der Waals surface area contributed by atoms with Crippen molar-refractivity contribution < 1.29 is 9.53 Å². The molecule has 0 bridgehead atoms. The highest BCUT2D eigenvalue weighted by molar-refractivity contribution is 5.89. The standard InChI is InChI=1S/C21H26O2/c1-3-5-6-7-10-17-11-8-9-12-20(17)18-13-15-19(16-14-18)21(22)23-4-2/h11,13-16,20H,3-6,8-9,12H2,1-2H3/t20-/m0/s1. The molecule has 0 amide bonds. The van der Waals surface area contributed by atoms with Crippen LogP contribution < -0.4 is 0 Å². The average molecular weight is 310 g/mol. The largest absolute Gasteiger partial charge is 0.462 e. The van der Waals surface area contributed by atoms with Gasteiger partial charge in [0.1, 0.15) is 0 Å². The molecule has 0 fully saturated rings. The molecule has 2 rings (SSSR count). The summed E-state index contributed by atoms with van der Waals surface area (Å²) in [6, 6.07) is 7.82. The smallest absolute Gasteiger partial charge is 0.338 e. The van der Waals surface area contributed by atoms with Crippen LogP contribution in [0.1, 0.15) is 74.2 Å². The van der Waals surface area contributed by atoms with Crippen molar-refractivity contribution in [1.82, 2.24) is 0 Å². The first kappa shape index (κ1) is 17.3.